The first kappa shape index (κ1) is 12.9. The standard InChI is InChI=1S/C9H21N3O2S/c1-4-8(2)12-7-9(5-10-3)6-11-15(12,13)14/h8-11H,4-7H2,1-3H3. The van der Waals surface area contributed by atoms with Gasteiger partial charge < -0.3 is 5.32 Å². The van der Waals surface area contributed by atoms with E-state index in [2.05, 4.69) is 10.0 Å². The van der Waals surface area contributed by atoms with Gasteiger partial charge in [0.15, 0.2) is 0 Å². The summed E-state index contributed by atoms with van der Waals surface area (Å²) >= 11 is 0. The number of rotatable bonds is 4. The van der Waals surface area contributed by atoms with Crippen LogP contribution >= 0.6 is 0 Å². The van der Waals surface area contributed by atoms with Crippen molar-refractivity contribution in [3.05, 3.63) is 0 Å². The molecule has 5 nitrogen and oxygen atoms in total. The molecule has 2 unspecified atom stereocenters. The quantitative estimate of drug-likeness (QED) is 0.707. The van der Waals surface area contributed by atoms with Gasteiger partial charge in [-0.25, -0.2) is 4.72 Å². The topological polar surface area (TPSA) is 61.4 Å². The maximum atomic E-state index is 11.7. The summed E-state index contributed by atoms with van der Waals surface area (Å²) in [5, 5.41) is 3.08. The fraction of sp³-hybridized carbons (Fsp3) is 1.00. The number of nitrogens with zero attached hydrogens (tertiary/aromatic N) is 1. The lowest BCUT2D eigenvalue weighted by Gasteiger charge is -2.35. The molecule has 0 aromatic carbocycles. The molecule has 0 aliphatic carbocycles. The first-order chi connectivity index (χ1) is 7.01. The summed E-state index contributed by atoms with van der Waals surface area (Å²) < 4.78 is 27.6. The molecule has 0 saturated carbocycles. The highest BCUT2D eigenvalue weighted by Gasteiger charge is 2.33. The van der Waals surface area contributed by atoms with Gasteiger partial charge in [0.1, 0.15) is 0 Å². The van der Waals surface area contributed by atoms with Gasteiger partial charge in [0, 0.05) is 25.7 Å². The van der Waals surface area contributed by atoms with Gasteiger partial charge in [-0.3, -0.25) is 0 Å². The molecule has 0 radical (unpaired) electrons. The van der Waals surface area contributed by atoms with Crippen molar-refractivity contribution in [1.29, 1.82) is 0 Å². The Morgan fingerprint density at radius 1 is 1.60 bits per heavy atom. The van der Waals surface area contributed by atoms with Gasteiger partial charge in [-0.05, 0) is 26.3 Å². The molecule has 2 N–H and O–H groups in total. The van der Waals surface area contributed by atoms with Crippen LogP contribution in [0.1, 0.15) is 20.3 Å². The molecular formula is C9H21N3O2S. The Kier molecular flexibility index (Phi) is 4.51. The van der Waals surface area contributed by atoms with Crippen LogP contribution in [0.25, 0.3) is 0 Å². The van der Waals surface area contributed by atoms with Gasteiger partial charge in [-0.1, -0.05) is 6.92 Å². The molecule has 1 aliphatic heterocycles. The fourth-order valence-corrected chi connectivity index (χ4v) is 3.41. The summed E-state index contributed by atoms with van der Waals surface area (Å²) in [6.07, 6.45) is 0.840. The minimum absolute atomic E-state index is 0.0714. The molecule has 2 atom stereocenters. The molecule has 0 spiro atoms. The predicted octanol–water partition coefficient (Wildman–Crippen LogP) is -0.229. The van der Waals surface area contributed by atoms with Gasteiger partial charge in [0.2, 0.25) is 0 Å². The average molecular weight is 235 g/mol. The van der Waals surface area contributed by atoms with E-state index in [0.29, 0.717) is 19.0 Å². The van der Waals surface area contributed by atoms with Gasteiger partial charge in [0.25, 0.3) is 10.2 Å². The lowest BCUT2D eigenvalue weighted by atomic mass is 10.1. The smallest absolute Gasteiger partial charge is 0.279 e. The molecule has 0 bridgehead atoms. The lowest BCUT2D eigenvalue weighted by Crippen LogP contribution is -2.55. The van der Waals surface area contributed by atoms with E-state index < -0.39 is 10.2 Å². The van der Waals surface area contributed by atoms with Gasteiger partial charge in [0.05, 0.1) is 0 Å². The van der Waals surface area contributed by atoms with E-state index in [1.165, 1.54) is 0 Å². The van der Waals surface area contributed by atoms with E-state index in [9.17, 15) is 8.42 Å². The number of hydrogen-bond acceptors (Lipinski definition) is 3. The third-order valence-electron chi connectivity index (χ3n) is 2.88. The second kappa shape index (κ2) is 5.25. The van der Waals surface area contributed by atoms with Crippen molar-refractivity contribution >= 4 is 10.2 Å². The van der Waals surface area contributed by atoms with Crippen LogP contribution in [0.3, 0.4) is 0 Å². The average Bonchev–Trinajstić information content (AvgIpc) is 2.20. The summed E-state index contributed by atoms with van der Waals surface area (Å²) in [6, 6.07) is 0.0714. The molecule has 1 rings (SSSR count). The van der Waals surface area contributed by atoms with Crippen molar-refractivity contribution in [2.75, 3.05) is 26.7 Å². The summed E-state index contributed by atoms with van der Waals surface area (Å²) in [5.41, 5.74) is 0. The highest BCUT2D eigenvalue weighted by atomic mass is 32.2. The van der Waals surface area contributed by atoms with Crippen molar-refractivity contribution < 1.29 is 8.42 Å². The molecule has 0 aromatic rings. The van der Waals surface area contributed by atoms with Crippen LogP contribution < -0.4 is 10.0 Å². The van der Waals surface area contributed by atoms with Crippen molar-refractivity contribution in [2.24, 2.45) is 5.92 Å². The zero-order valence-electron chi connectivity index (χ0n) is 9.66. The van der Waals surface area contributed by atoms with Crippen LogP contribution in [-0.2, 0) is 10.2 Å². The third kappa shape index (κ3) is 3.14. The third-order valence-corrected chi connectivity index (χ3v) is 4.53. The monoisotopic (exact) mass is 235 g/mol. The molecule has 6 heteroatoms. The summed E-state index contributed by atoms with van der Waals surface area (Å²) in [5.74, 6) is 0.354. The largest absolute Gasteiger partial charge is 0.319 e. The zero-order chi connectivity index (χ0) is 11.5. The second-order valence-corrected chi connectivity index (χ2v) is 5.81. The van der Waals surface area contributed by atoms with Crippen LogP contribution in [-0.4, -0.2) is 45.4 Å². The minimum Gasteiger partial charge on any atom is -0.319 e. The maximum absolute atomic E-state index is 11.7. The lowest BCUT2D eigenvalue weighted by molar-refractivity contribution is 0.254. The van der Waals surface area contributed by atoms with E-state index in [1.54, 1.807) is 4.31 Å². The second-order valence-electron chi connectivity index (χ2n) is 4.10. The van der Waals surface area contributed by atoms with Gasteiger partial charge in [-0.2, -0.15) is 12.7 Å². The van der Waals surface area contributed by atoms with E-state index in [4.69, 9.17) is 0 Å². The van der Waals surface area contributed by atoms with Crippen LogP contribution in [0.5, 0.6) is 0 Å². The van der Waals surface area contributed by atoms with Crippen molar-refractivity contribution in [3.8, 4) is 0 Å². The first-order valence-electron chi connectivity index (χ1n) is 5.42. The molecule has 15 heavy (non-hydrogen) atoms. The maximum Gasteiger partial charge on any atom is 0.279 e. The summed E-state index contributed by atoms with van der Waals surface area (Å²) in [4.78, 5) is 0. The Morgan fingerprint density at radius 3 is 2.80 bits per heavy atom. The Morgan fingerprint density at radius 2 is 2.27 bits per heavy atom. The van der Waals surface area contributed by atoms with E-state index >= 15 is 0 Å². The van der Waals surface area contributed by atoms with E-state index in [-0.39, 0.29) is 6.04 Å². The molecule has 1 saturated heterocycles. The van der Waals surface area contributed by atoms with Crippen molar-refractivity contribution in [1.82, 2.24) is 14.3 Å². The minimum atomic E-state index is -3.23. The Bertz CT molecular complexity index is 292. The molecule has 1 aliphatic rings. The van der Waals surface area contributed by atoms with E-state index in [0.717, 1.165) is 13.0 Å². The molecule has 0 amide bonds. The van der Waals surface area contributed by atoms with Gasteiger partial charge >= 0.3 is 0 Å². The summed E-state index contributed by atoms with van der Waals surface area (Å²) in [7, 11) is -1.34. The van der Waals surface area contributed by atoms with Crippen LogP contribution in [0, 0.1) is 5.92 Å². The van der Waals surface area contributed by atoms with Crippen LogP contribution in [0.4, 0.5) is 0 Å². The highest BCUT2D eigenvalue weighted by molar-refractivity contribution is 7.87. The SMILES string of the molecule is CCC(C)N1CC(CNC)CNS1(=O)=O. The zero-order valence-corrected chi connectivity index (χ0v) is 10.5. The van der Waals surface area contributed by atoms with E-state index in [1.807, 2.05) is 20.9 Å². The molecule has 1 heterocycles. The number of nitrogens with one attached hydrogen (secondary N) is 2. The van der Waals surface area contributed by atoms with Crippen molar-refractivity contribution in [2.45, 2.75) is 26.3 Å². The van der Waals surface area contributed by atoms with Gasteiger partial charge in [-0.15, -0.1) is 0 Å². The molecule has 1 fully saturated rings. The van der Waals surface area contributed by atoms with Crippen molar-refractivity contribution in [3.63, 3.8) is 0 Å². The fourth-order valence-electron chi connectivity index (χ4n) is 1.77. The van der Waals surface area contributed by atoms with Crippen LogP contribution in [0.15, 0.2) is 0 Å². The van der Waals surface area contributed by atoms with Crippen LogP contribution in [0.2, 0.25) is 0 Å². The number of hydrogen-bond donors (Lipinski definition) is 2. The molecule has 0 aromatic heterocycles. The Labute approximate surface area is 92.4 Å². The Balaban J connectivity index is 2.70. The normalized spacial score (nSPS) is 28.9. The summed E-state index contributed by atoms with van der Waals surface area (Å²) in [6.45, 7) is 5.94. The highest BCUT2D eigenvalue weighted by Crippen LogP contribution is 2.16. The first-order valence-corrected chi connectivity index (χ1v) is 6.86. The molecule has 90 valence electrons. The Hall–Kier alpha value is -0.170. The predicted molar refractivity (Wildman–Crippen MR) is 60.8 cm³/mol. The molecular weight excluding hydrogens is 214 g/mol.